The molecule has 0 aliphatic heterocycles. The quantitative estimate of drug-likeness (QED) is 0.696. The predicted octanol–water partition coefficient (Wildman–Crippen LogP) is 3.84. The summed E-state index contributed by atoms with van der Waals surface area (Å²) in [6.07, 6.45) is 0.774. The summed E-state index contributed by atoms with van der Waals surface area (Å²) in [5, 5.41) is 2.88. The molecule has 29 heavy (non-hydrogen) atoms. The molecule has 0 saturated heterocycles. The molecule has 0 radical (unpaired) electrons. The molecule has 2 aromatic carbocycles. The Balaban J connectivity index is 2.15. The molecule has 2 aromatic rings. The van der Waals surface area contributed by atoms with Gasteiger partial charge in [0, 0.05) is 18.2 Å². The number of rotatable bonds is 9. The standard InChI is InChI=1S/C23H29FN2O3/c1-5-17(3)25-23(28)18(4)26(14-19-8-6-7-9-21(19)24)22(27)15-29-20-12-10-16(2)11-13-20/h6-13,17-18H,5,14-15H2,1-4H3,(H,25,28). The zero-order valence-electron chi connectivity index (χ0n) is 17.4. The van der Waals surface area contributed by atoms with Gasteiger partial charge in [0.1, 0.15) is 17.6 Å². The van der Waals surface area contributed by atoms with Crippen LogP contribution in [0.1, 0.15) is 38.3 Å². The van der Waals surface area contributed by atoms with Gasteiger partial charge >= 0.3 is 0 Å². The van der Waals surface area contributed by atoms with Gasteiger partial charge in [0.05, 0.1) is 0 Å². The van der Waals surface area contributed by atoms with E-state index in [4.69, 9.17) is 4.74 Å². The zero-order chi connectivity index (χ0) is 21.4. The summed E-state index contributed by atoms with van der Waals surface area (Å²) in [7, 11) is 0. The summed E-state index contributed by atoms with van der Waals surface area (Å²) < 4.78 is 19.7. The highest BCUT2D eigenvalue weighted by atomic mass is 19.1. The summed E-state index contributed by atoms with van der Waals surface area (Å²) in [6.45, 7) is 7.21. The summed E-state index contributed by atoms with van der Waals surface area (Å²) >= 11 is 0. The van der Waals surface area contributed by atoms with Crippen molar-refractivity contribution in [3.8, 4) is 5.75 Å². The number of aryl methyl sites for hydroxylation is 1. The fourth-order valence-electron chi connectivity index (χ4n) is 2.72. The molecule has 0 fully saturated rings. The molecule has 0 spiro atoms. The van der Waals surface area contributed by atoms with Gasteiger partial charge in [-0.25, -0.2) is 4.39 Å². The van der Waals surface area contributed by atoms with Crippen LogP contribution in [0.15, 0.2) is 48.5 Å². The lowest BCUT2D eigenvalue weighted by molar-refractivity contribution is -0.142. The van der Waals surface area contributed by atoms with Crippen LogP contribution in [0, 0.1) is 12.7 Å². The fraction of sp³-hybridized carbons (Fsp3) is 0.391. The van der Waals surface area contributed by atoms with Gasteiger partial charge in [-0.2, -0.15) is 0 Å². The Morgan fingerprint density at radius 3 is 2.38 bits per heavy atom. The number of ether oxygens (including phenoxy) is 1. The van der Waals surface area contributed by atoms with E-state index >= 15 is 0 Å². The molecule has 0 heterocycles. The molecule has 6 heteroatoms. The lowest BCUT2D eigenvalue weighted by atomic mass is 10.1. The van der Waals surface area contributed by atoms with Crippen LogP contribution < -0.4 is 10.1 Å². The first kappa shape index (κ1) is 22.4. The molecule has 5 nitrogen and oxygen atoms in total. The number of carbonyl (C=O) groups is 2. The van der Waals surface area contributed by atoms with Crippen LogP contribution in [0.3, 0.4) is 0 Å². The maximum absolute atomic E-state index is 14.2. The molecule has 0 aliphatic carbocycles. The maximum atomic E-state index is 14.2. The van der Waals surface area contributed by atoms with Gasteiger partial charge < -0.3 is 15.0 Å². The Morgan fingerprint density at radius 2 is 1.76 bits per heavy atom. The molecule has 2 unspecified atom stereocenters. The third-order valence-corrected chi connectivity index (χ3v) is 4.85. The van der Waals surface area contributed by atoms with Crippen molar-refractivity contribution in [2.45, 2.75) is 52.7 Å². The molecule has 2 rings (SSSR count). The van der Waals surface area contributed by atoms with E-state index in [1.165, 1.54) is 11.0 Å². The van der Waals surface area contributed by atoms with Gasteiger partial charge in [0.2, 0.25) is 5.91 Å². The van der Waals surface area contributed by atoms with E-state index in [9.17, 15) is 14.0 Å². The summed E-state index contributed by atoms with van der Waals surface area (Å²) in [6, 6.07) is 12.8. The molecule has 156 valence electrons. The molecule has 0 aliphatic rings. The second kappa shape index (κ2) is 10.6. The monoisotopic (exact) mass is 400 g/mol. The highest BCUT2D eigenvalue weighted by molar-refractivity contribution is 5.88. The van der Waals surface area contributed by atoms with Gasteiger partial charge in [-0.3, -0.25) is 9.59 Å². The number of benzene rings is 2. The van der Waals surface area contributed by atoms with Gasteiger partial charge in [-0.1, -0.05) is 42.8 Å². The minimum Gasteiger partial charge on any atom is -0.484 e. The fourth-order valence-corrected chi connectivity index (χ4v) is 2.72. The largest absolute Gasteiger partial charge is 0.484 e. The molecule has 0 aromatic heterocycles. The minimum atomic E-state index is -0.766. The maximum Gasteiger partial charge on any atom is 0.261 e. The Kier molecular flexibility index (Phi) is 8.19. The van der Waals surface area contributed by atoms with Crippen molar-refractivity contribution in [2.24, 2.45) is 0 Å². The minimum absolute atomic E-state index is 0.0147. The smallest absolute Gasteiger partial charge is 0.261 e. The molecular formula is C23H29FN2O3. The van der Waals surface area contributed by atoms with Gasteiger partial charge in [-0.05, 0) is 45.4 Å². The van der Waals surface area contributed by atoms with E-state index in [-0.39, 0.29) is 31.0 Å². The van der Waals surface area contributed by atoms with E-state index in [0.29, 0.717) is 11.3 Å². The third-order valence-electron chi connectivity index (χ3n) is 4.85. The average Bonchev–Trinajstić information content (AvgIpc) is 2.71. The van der Waals surface area contributed by atoms with Crippen LogP contribution in [0.25, 0.3) is 0 Å². The van der Waals surface area contributed by atoms with Gasteiger partial charge in [0.25, 0.3) is 5.91 Å². The van der Waals surface area contributed by atoms with E-state index in [2.05, 4.69) is 5.32 Å². The molecular weight excluding hydrogens is 371 g/mol. The van der Waals surface area contributed by atoms with Crippen LogP contribution in [0.2, 0.25) is 0 Å². The van der Waals surface area contributed by atoms with E-state index in [1.54, 1.807) is 37.3 Å². The number of nitrogens with zero attached hydrogens (tertiary/aromatic N) is 1. The highest BCUT2D eigenvalue weighted by Gasteiger charge is 2.27. The lowest BCUT2D eigenvalue weighted by Crippen LogP contribution is -2.50. The van der Waals surface area contributed by atoms with Crippen molar-refractivity contribution in [2.75, 3.05) is 6.61 Å². The van der Waals surface area contributed by atoms with Crippen LogP contribution >= 0.6 is 0 Å². The SMILES string of the molecule is CCC(C)NC(=O)C(C)N(Cc1ccccc1F)C(=O)COc1ccc(C)cc1. The first-order chi connectivity index (χ1) is 13.8. The second-order valence-electron chi connectivity index (χ2n) is 7.21. The van der Waals surface area contributed by atoms with Crippen LogP contribution in [-0.2, 0) is 16.1 Å². The lowest BCUT2D eigenvalue weighted by Gasteiger charge is -2.29. The first-order valence-electron chi connectivity index (χ1n) is 9.84. The van der Waals surface area contributed by atoms with Crippen LogP contribution in [0.5, 0.6) is 5.75 Å². The van der Waals surface area contributed by atoms with Crippen molar-refractivity contribution in [1.29, 1.82) is 0 Å². The molecule has 1 N–H and O–H groups in total. The van der Waals surface area contributed by atoms with Crippen molar-refractivity contribution in [1.82, 2.24) is 10.2 Å². The van der Waals surface area contributed by atoms with E-state index in [1.807, 2.05) is 32.9 Å². The third kappa shape index (κ3) is 6.59. The van der Waals surface area contributed by atoms with Gasteiger partial charge in [0.15, 0.2) is 6.61 Å². The number of carbonyl (C=O) groups excluding carboxylic acids is 2. The topological polar surface area (TPSA) is 58.6 Å². The number of hydrogen-bond acceptors (Lipinski definition) is 3. The normalized spacial score (nSPS) is 12.7. The Bertz CT molecular complexity index is 823. The summed E-state index contributed by atoms with van der Waals surface area (Å²) in [5.41, 5.74) is 1.43. The zero-order valence-corrected chi connectivity index (χ0v) is 17.4. The molecule has 0 bridgehead atoms. The molecule has 2 amide bonds. The van der Waals surface area contributed by atoms with Crippen LogP contribution in [0.4, 0.5) is 4.39 Å². The van der Waals surface area contributed by atoms with E-state index in [0.717, 1.165) is 12.0 Å². The van der Waals surface area contributed by atoms with Crippen molar-refractivity contribution >= 4 is 11.8 Å². The molecule has 2 atom stereocenters. The Hall–Kier alpha value is -2.89. The van der Waals surface area contributed by atoms with E-state index < -0.39 is 11.9 Å². The van der Waals surface area contributed by atoms with Crippen LogP contribution in [-0.4, -0.2) is 35.4 Å². The van der Waals surface area contributed by atoms with Crippen molar-refractivity contribution in [3.63, 3.8) is 0 Å². The van der Waals surface area contributed by atoms with Crippen molar-refractivity contribution < 1.29 is 18.7 Å². The Labute approximate surface area is 171 Å². The Morgan fingerprint density at radius 1 is 1.10 bits per heavy atom. The average molecular weight is 400 g/mol. The summed E-state index contributed by atoms with van der Waals surface area (Å²) in [4.78, 5) is 26.9. The van der Waals surface area contributed by atoms with Crippen molar-refractivity contribution in [3.05, 3.63) is 65.5 Å². The highest BCUT2D eigenvalue weighted by Crippen LogP contribution is 2.15. The predicted molar refractivity (Wildman–Crippen MR) is 111 cm³/mol. The second-order valence-corrected chi connectivity index (χ2v) is 7.21. The first-order valence-corrected chi connectivity index (χ1v) is 9.84. The number of halogens is 1. The molecule has 0 saturated carbocycles. The number of hydrogen-bond donors (Lipinski definition) is 1. The summed E-state index contributed by atoms with van der Waals surface area (Å²) in [5.74, 6) is -0.522. The number of amides is 2. The van der Waals surface area contributed by atoms with Gasteiger partial charge in [-0.15, -0.1) is 0 Å². The number of nitrogens with one attached hydrogen (secondary N) is 1.